The molecule has 12 heteroatoms. The van der Waals surface area contributed by atoms with Gasteiger partial charge in [0.05, 0.1) is 41.1 Å². The average molecular weight is 1110 g/mol. The second-order valence-corrected chi connectivity index (χ2v) is 23.5. The summed E-state index contributed by atoms with van der Waals surface area (Å²) in [4.78, 5) is 41.8. The molecular formula is C67H74F2O8S2. The quantitative estimate of drug-likeness (QED) is 0.0217. The van der Waals surface area contributed by atoms with Crippen molar-refractivity contribution in [1.29, 1.82) is 0 Å². The predicted octanol–water partition coefficient (Wildman–Crippen LogP) is 18.7. The van der Waals surface area contributed by atoms with E-state index in [1.165, 1.54) is 96.2 Å². The van der Waals surface area contributed by atoms with E-state index in [4.69, 9.17) is 23.7 Å². The van der Waals surface area contributed by atoms with Gasteiger partial charge >= 0.3 is 17.9 Å². The third-order valence-electron chi connectivity index (χ3n) is 15.8. The maximum absolute atomic E-state index is 14.5. The van der Waals surface area contributed by atoms with Crippen molar-refractivity contribution >= 4 is 60.8 Å². The highest BCUT2D eigenvalue weighted by Crippen LogP contribution is 2.53. The molecule has 0 saturated heterocycles. The molecule has 2 aliphatic carbocycles. The number of hydrogen-bond acceptors (Lipinski definition) is 10. The van der Waals surface area contributed by atoms with E-state index in [2.05, 4.69) is 49.9 Å². The summed E-state index contributed by atoms with van der Waals surface area (Å²) in [5.74, 6) is 0.881. The van der Waals surface area contributed by atoms with E-state index in [0.717, 1.165) is 110 Å². The zero-order valence-corrected chi connectivity index (χ0v) is 47.2. The van der Waals surface area contributed by atoms with Crippen LogP contribution >= 0.6 is 22.7 Å². The normalized spacial score (nSPS) is 17.4. The van der Waals surface area contributed by atoms with E-state index >= 15 is 0 Å². The number of ether oxygens (including phenoxy) is 5. The molecule has 0 bridgehead atoms. The number of unbranched alkanes of at least 4 members (excludes halogenated alkanes) is 10. The van der Waals surface area contributed by atoms with Gasteiger partial charge in [0.1, 0.15) is 23.1 Å². The maximum Gasteiger partial charge on any atom is 0.330 e. The zero-order valence-electron chi connectivity index (χ0n) is 45.6. The minimum absolute atomic E-state index is 0.295. The number of hydrogen-bond donors (Lipinski definition) is 0. The number of fused-ring (bicyclic) bond motifs is 2. The lowest BCUT2D eigenvalue weighted by molar-refractivity contribution is -0.140. The summed E-state index contributed by atoms with van der Waals surface area (Å²) in [6.07, 6.45) is 20.7. The summed E-state index contributed by atoms with van der Waals surface area (Å²) >= 11 is 2.84. The lowest BCUT2D eigenvalue weighted by Crippen LogP contribution is -2.25. The third kappa shape index (κ3) is 15.5. The fraction of sp³-hybridized carbons (Fsp3) is 0.418. The Hall–Kier alpha value is -6.37. The summed E-state index contributed by atoms with van der Waals surface area (Å²) < 4.78 is 60.2. The summed E-state index contributed by atoms with van der Waals surface area (Å²) in [6, 6.07) is 33.3. The van der Waals surface area contributed by atoms with Crippen LogP contribution in [-0.2, 0) is 19.1 Å². The van der Waals surface area contributed by atoms with Gasteiger partial charge in [-0.05, 0) is 165 Å². The van der Waals surface area contributed by atoms with Gasteiger partial charge in [0.2, 0.25) is 0 Å². The summed E-state index contributed by atoms with van der Waals surface area (Å²) in [5.41, 5.74) is 4.05. The van der Waals surface area contributed by atoms with Crippen LogP contribution in [0.4, 0.5) is 8.78 Å². The SMILES string of the molecule is C=CC(=O)OCCCCCCCCOc1ccc(C2CCC(C(=O)Oc3c4cc(-c5ccc(F)cc5)sc4c(OC(=O)C4CCC(c5ccc(OCCCCCCCC)cc5)CC4)c4cc(-c5ccc(F)cc5)sc34)CC2)cc1. The monoisotopic (exact) mass is 1110 g/mol. The molecule has 0 radical (unpaired) electrons. The van der Waals surface area contributed by atoms with E-state index in [0.29, 0.717) is 82.4 Å². The highest BCUT2D eigenvalue weighted by Gasteiger charge is 2.34. The Bertz CT molecular complexity index is 2990. The highest BCUT2D eigenvalue weighted by atomic mass is 32.1. The predicted molar refractivity (Wildman–Crippen MR) is 315 cm³/mol. The van der Waals surface area contributed by atoms with Crippen LogP contribution in [0.5, 0.6) is 23.0 Å². The van der Waals surface area contributed by atoms with Crippen LogP contribution in [0.1, 0.15) is 158 Å². The van der Waals surface area contributed by atoms with Crippen molar-refractivity contribution < 1.29 is 46.8 Å². The summed E-state index contributed by atoms with van der Waals surface area (Å²) in [7, 11) is 0. The maximum atomic E-state index is 14.5. The Kier molecular flexibility index (Phi) is 20.8. The first kappa shape index (κ1) is 57.3. The first-order valence-electron chi connectivity index (χ1n) is 28.9. The molecule has 2 heterocycles. The van der Waals surface area contributed by atoms with Gasteiger partial charge in [-0.1, -0.05) is 120 Å². The Morgan fingerprint density at radius 3 is 1.28 bits per heavy atom. The van der Waals surface area contributed by atoms with Crippen LogP contribution in [0.3, 0.4) is 0 Å². The number of benzene rings is 5. The minimum atomic E-state index is -0.370. The molecule has 2 aliphatic rings. The van der Waals surface area contributed by atoms with Crippen LogP contribution in [0, 0.1) is 23.5 Å². The van der Waals surface area contributed by atoms with E-state index in [1.54, 1.807) is 24.3 Å². The second-order valence-electron chi connectivity index (χ2n) is 21.4. The van der Waals surface area contributed by atoms with Gasteiger partial charge in [-0.2, -0.15) is 0 Å². The van der Waals surface area contributed by atoms with Crippen molar-refractivity contribution in [2.45, 2.75) is 147 Å². The van der Waals surface area contributed by atoms with E-state index in [1.807, 2.05) is 24.3 Å². The molecule has 9 rings (SSSR count). The van der Waals surface area contributed by atoms with Crippen LogP contribution in [0.25, 0.3) is 41.1 Å². The van der Waals surface area contributed by atoms with Crippen molar-refractivity contribution in [2.24, 2.45) is 11.8 Å². The Morgan fingerprint density at radius 1 is 0.506 bits per heavy atom. The van der Waals surface area contributed by atoms with Gasteiger partial charge in [-0.15, -0.1) is 22.7 Å². The molecule has 8 nitrogen and oxygen atoms in total. The molecule has 416 valence electrons. The van der Waals surface area contributed by atoms with Crippen molar-refractivity contribution in [3.05, 3.63) is 145 Å². The second kappa shape index (κ2) is 28.7. The average Bonchev–Trinajstić information content (AvgIpc) is 4.37. The number of carbonyl (C=O) groups excluding carboxylic acids is 3. The van der Waals surface area contributed by atoms with Gasteiger partial charge in [-0.3, -0.25) is 9.59 Å². The first-order chi connectivity index (χ1) is 38.6. The van der Waals surface area contributed by atoms with E-state index < -0.39 is 0 Å². The summed E-state index contributed by atoms with van der Waals surface area (Å²) in [5, 5.41) is 1.28. The highest BCUT2D eigenvalue weighted by molar-refractivity contribution is 7.24. The number of halogens is 2. The first-order valence-corrected chi connectivity index (χ1v) is 30.5. The van der Waals surface area contributed by atoms with Crippen molar-refractivity contribution in [3.8, 4) is 43.9 Å². The number of thiophene rings is 2. The molecule has 0 N–H and O–H groups in total. The molecule has 0 atom stereocenters. The van der Waals surface area contributed by atoms with E-state index in [9.17, 15) is 23.2 Å². The number of carbonyl (C=O) groups is 3. The lowest BCUT2D eigenvalue weighted by Gasteiger charge is -2.28. The molecule has 0 unspecified atom stereocenters. The minimum Gasteiger partial charge on any atom is -0.494 e. The third-order valence-corrected chi connectivity index (χ3v) is 18.2. The van der Waals surface area contributed by atoms with Crippen LogP contribution < -0.4 is 18.9 Å². The van der Waals surface area contributed by atoms with Crippen LogP contribution in [-0.4, -0.2) is 37.7 Å². The summed E-state index contributed by atoms with van der Waals surface area (Å²) in [6.45, 7) is 7.47. The van der Waals surface area contributed by atoms with E-state index in [-0.39, 0.29) is 41.4 Å². The molecule has 2 fully saturated rings. The van der Waals surface area contributed by atoms with Crippen molar-refractivity contribution in [1.82, 2.24) is 0 Å². The molecule has 2 saturated carbocycles. The molecule has 79 heavy (non-hydrogen) atoms. The molecular weight excluding hydrogens is 1030 g/mol. The lowest BCUT2D eigenvalue weighted by atomic mass is 9.79. The van der Waals surface area contributed by atoms with Crippen LogP contribution in [0.2, 0.25) is 0 Å². The van der Waals surface area contributed by atoms with Gasteiger partial charge < -0.3 is 23.7 Å². The number of esters is 3. The van der Waals surface area contributed by atoms with Gasteiger partial charge in [0, 0.05) is 26.6 Å². The smallest absolute Gasteiger partial charge is 0.330 e. The van der Waals surface area contributed by atoms with Crippen molar-refractivity contribution in [3.63, 3.8) is 0 Å². The molecule has 7 aromatic rings. The van der Waals surface area contributed by atoms with Crippen LogP contribution in [0.15, 0.2) is 122 Å². The van der Waals surface area contributed by atoms with Crippen molar-refractivity contribution in [2.75, 3.05) is 19.8 Å². The largest absolute Gasteiger partial charge is 0.494 e. The number of rotatable bonds is 27. The fourth-order valence-electron chi connectivity index (χ4n) is 11.2. The topological polar surface area (TPSA) is 97.4 Å². The molecule has 2 aromatic heterocycles. The Morgan fingerprint density at radius 2 is 0.886 bits per heavy atom. The Labute approximate surface area is 472 Å². The molecule has 0 spiro atoms. The van der Waals surface area contributed by atoms with Gasteiger partial charge in [-0.25, -0.2) is 13.6 Å². The Balaban J connectivity index is 0.869. The van der Waals surface area contributed by atoms with Gasteiger partial charge in [0.15, 0.2) is 11.5 Å². The molecule has 0 amide bonds. The zero-order chi connectivity index (χ0) is 54.9. The molecule has 0 aliphatic heterocycles. The molecule has 5 aromatic carbocycles. The fourth-order valence-corrected chi connectivity index (χ4v) is 13.5. The van der Waals surface area contributed by atoms with Gasteiger partial charge in [0.25, 0.3) is 0 Å². The standard InChI is InChI=1S/C67H74F2O8S2/c1-3-5-6-7-10-13-40-73-55-36-28-47(29-37-55)45-16-20-51(21-17-45)66(71)76-62-57-43-59(49-24-32-53(68)33-25-49)79-65(57)63(58-44-60(78-64(58)62)50-26-34-54(69)35-27-50)77-67(72)52-22-18-46(19-23-52)48-30-38-56(39-31-48)74-41-14-11-8-9-12-15-42-75-61(70)4-2/h4,24-39,43-46,51-52H,2-3,5-23,40-42H2,1H3.